The summed E-state index contributed by atoms with van der Waals surface area (Å²) >= 11 is 0. The average molecular weight is 176 g/mol. The monoisotopic (exact) mass is 176 g/mol. The van der Waals surface area contributed by atoms with Crippen LogP contribution in [-0.4, -0.2) is 24.0 Å². The van der Waals surface area contributed by atoms with E-state index in [0.29, 0.717) is 5.41 Å². The molecule has 11 heavy (non-hydrogen) atoms. The summed E-state index contributed by atoms with van der Waals surface area (Å²) in [5.41, 5.74) is 0.500. The van der Waals surface area contributed by atoms with Crippen molar-refractivity contribution in [2.24, 2.45) is 5.41 Å². The van der Waals surface area contributed by atoms with Crippen LogP contribution in [0.15, 0.2) is 0 Å². The Morgan fingerprint density at radius 1 is 1.09 bits per heavy atom. The molecule has 0 aromatic carbocycles. The van der Waals surface area contributed by atoms with Crippen molar-refractivity contribution in [2.45, 2.75) is 39.4 Å². The molecule has 0 saturated carbocycles. The first kappa shape index (κ1) is 11.4. The molecule has 70 valence electrons. The smallest absolute Gasteiger partial charge is 0.0143 e. The van der Waals surface area contributed by atoms with Crippen molar-refractivity contribution in [3.63, 3.8) is 0 Å². The number of hydrogen-bond acceptors (Lipinski definition) is 0. The van der Waals surface area contributed by atoms with Crippen LogP contribution >= 0.6 is 10.0 Å². The molecule has 0 aliphatic rings. The number of hydrogen-bond donors (Lipinski definition) is 0. The second-order valence-electron chi connectivity index (χ2n) is 5.51. The Morgan fingerprint density at radius 2 is 1.45 bits per heavy atom. The third kappa shape index (κ3) is 5.60. The van der Waals surface area contributed by atoms with Gasteiger partial charge in [-0.15, -0.1) is 0 Å². The fraction of sp³-hybridized carbons (Fsp3) is 1.00. The van der Waals surface area contributed by atoms with Crippen molar-refractivity contribution in [3.05, 3.63) is 0 Å². The third-order valence-electron chi connectivity index (χ3n) is 2.11. The van der Waals surface area contributed by atoms with Gasteiger partial charge in [0.15, 0.2) is 0 Å². The van der Waals surface area contributed by atoms with E-state index < -0.39 is 0 Å². The zero-order valence-corrected chi connectivity index (χ0v) is 10.0. The maximum atomic E-state index is 2.41. The Bertz CT molecular complexity index is 114. The van der Waals surface area contributed by atoms with Crippen LogP contribution in [0.4, 0.5) is 0 Å². The highest BCUT2D eigenvalue weighted by atomic mass is 32.3. The average Bonchev–Trinajstić information content (AvgIpc) is 1.56. The van der Waals surface area contributed by atoms with E-state index in [4.69, 9.17) is 0 Å². The Hall–Kier alpha value is 0.350. The van der Waals surface area contributed by atoms with Gasteiger partial charge in [-0.3, -0.25) is 0 Å². The number of rotatable bonds is 2. The first-order valence-electron chi connectivity index (χ1n) is 4.30. The van der Waals surface area contributed by atoms with Crippen LogP contribution in [0.3, 0.4) is 0 Å². The van der Waals surface area contributed by atoms with Crippen LogP contribution in [0.25, 0.3) is 0 Å². The molecule has 0 rings (SSSR count). The van der Waals surface area contributed by atoms with E-state index >= 15 is 0 Å². The van der Waals surface area contributed by atoms with Gasteiger partial charge in [0.2, 0.25) is 0 Å². The quantitative estimate of drug-likeness (QED) is 0.604. The molecular weight excluding hydrogens is 152 g/mol. The van der Waals surface area contributed by atoms with E-state index in [9.17, 15) is 0 Å². The van der Waals surface area contributed by atoms with Crippen molar-refractivity contribution < 1.29 is 0 Å². The van der Waals surface area contributed by atoms with E-state index in [2.05, 4.69) is 46.5 Å². The minimum Gasteiger partial charge on any atom is -0.247 e. The fourth-order valence-electron chi connectivity index (χ4n) is 1.11. The minimum atomic E-state index is -0.336. The summed E-state index contributed by atoms with van der Waals surface area (Å²) in [7, 11) is -0.336. The van der Waals surface area contributed by atoms with Gasteiger partial charge < -0.3 is 0 Å². The summed E-state index contributed by atoms with van der Waals surface area (Å²) in [4.78, 5) is 0. The van der Waals surface area contributed by atoms with Crippen molar-refractivity contribution in [1.82, 2.24) is 0 Å². The second-order valence-corrected chi connectivity index (χ2v) is 10.2. The van der Waals surface area contributed by atoms with Gasteiger partial charge in [-0.2, -0.15) is 0 Å². The molecule has 1 heteroatoms. The Balaban J connectivity index is 3.99. The van der Waals surface area contributed by atoms with E-state index in [1.807, 2.05) is 0 Å². The molecule has 1 atom stereocenters. The molecule has 1 unspecified atom stereocenters. The Morgan fingerprint density at radius 3 is 1.55 bits per heavy atom. The fourth-order valence-corrected chi connectivity index (χ4v) is 2.11. The first-order chi connectivity index (χ1) is 4.63. The van der Waals surface area contributed by atoms with Gasteiger partial charge in [0.05, 0.1) is 0 Å². The minimum absolute atomic E-state index is 0.336. The lowest BCUT2D eigenvalue weighted by Gasteiger charge is -2.37. The highest BCUT2D eigenvalue weighted by molar-refractivity contribution is 8.32. The Kier molecular flexibility index (Phi) is 3.49. The zero-order valence-electron chi connectivity index (χ0n) is 9.19. The normalized spacial score (nSPS) is 18.1. The van der Waals surface area contributed by atoms with E-state index in [0.717, 1.165) is 5.25 Å². The lowest BCUT2D eigenvalue weighted by Crippen LogP contribution is -2.19. The van der Waals surface area contributed by atoms with Crippen molar-refractivity contribution in [1.29, 1.82) is 0 Å². The molecule has 0 radical (unpaired) electrons. The maximum absolute atomic E-state index is 2.41. The van der Waals surface area contributed by atoms with Crippen molar-refractivity contribution in [3.8, 4) is 0 Å². The highest BCUT2D eigenvalue weighted by Gasteiger charge is 2.21. The van der Waals surface area contributed by atoms with E-state index in [1.54, 1.807) is 0 Å². The SMILES string of the molecule is CC(CC(C)(C)C)S(C)(C)C. The molecule has 0 nitrogen and oxygen atoms in total. The Labute approximate surface area is 74.1 Å². The summed E-state index contributed by atoms with van der Waals surface area (Å²) in [6.45, 7) is 9.37. The first-order valence-corrected chi connectivity index (χ1v) is 7.22. The van der Waals surface area contributed by atoms with Crippen LogP contribution in [-0.2, 0) is 0 Å². The molecule has 0 amide bonds. The van der Waals surface area contributed by atoms with Gasteiger partial charge in [0.1, 0.15) is 0 Å². The van der Waals surface area contributed by atoms with Gasteiger partial charge in [-0.1, -0.05) is 27.7 Å². The standard InChI is InChI=1S/C10H24S/c1-9(11(5,6)7)8-10(2,3)4/h9H,8H2,1-7H3. The van der Waals surface area contributed by atoms with Gasteiger partial charge in [0.25, 0.3) is 0 Å². The topological polar surface area (TPSA) is 0 Å². The molecule has 0 fully saturated rings. The maximum Gasteiger partial charge on any atom is -0.0143 e. The molecule has 0 heterocycles. The second kappa shape index (κ2) is 3.38. The van der Waals surface area contributed by atoms with Gasteiger partial charge in [0, 0.05) is 0 Å². The third-order valence-corrected chi connectivity index (χ3v) is 4.69. The lowest BCUT2D eigenvalue weighted by molar-refractivity contribution is 0.377. The molecule has 0 bridgehead atoms. The van der Waals surface area contributed by atoms with Crippen molar-refractivity contribution in [2.75, 3.05) is 18.8 Å². The largest absolute Gasteiger partial charge is 0.247 e. The van der Waals surface area contributed by atoms with Gasteiger partial charge in [-0.05, 0) is 35.9 Å². The van der Waals surface area contributed by atoms with E-state index in [1.165, 1.54) is 6.42 Å². The molecule has 0 aromatic heterocycles. The molecular formula is C10H24S. The highest BCUT2D eigenvalue weighted by Crippen LogP contribution is 2.45. The molecule has 0 aliphatic heterocycles. The van der Waals surface area contributed by atoms with Crippen LogP contribution in [0, 0.1) is 5.41 Å². The summed E-state index contributed by atoms with van der Waals surface area (Å²) in [6, 6.07) is 0. The summed E-state index contributed by atoms with van der Waals surface area (Å²) in [5, 5.41) is 0.891. The van der Waals surface area contributed by atoms with Crippen LogP contribution < -0.4 is 0 Å². The summed E-state index contributed by atoms with van der Waals surface area (Å²) in [5.74, 6) is 0. The van der Waals surface area contributed by atoms with Gasteiger partial charge in [-0.25, -0.2) is 10.0 Å². The van der Waals surface area contributed by atoms with Crippen LogP contribution in [0.5, 0.6) is 0 Å². The molecule has 0 saturated heterocycles. The van der Waals surface area contributed by atoms with Gasteiger partial charge >= 0.3 is 0 Å². The summed E-state index contributed by atoms with van der Waals surface area (Å²) in [6.07, 6.45) is 8.57. The summed E-state index contributed by atoms with van der Waals surface area (Å²) < 4.78 is 0. The molecule has 0 aromatic rings. The van der Waals surface area contributed by atoms with Crippen LogP contribution in [0.1, 0.15) is 34.1 Å². The molecule has 0 spiro atoms. The molecule has 0 N–H and O–H groups in total. The molecule has 0 aliphatic carbocycles. The van der Waals surface area contributed by atoms with Crippen molar-refractivity contribution >= 4 is 10.0 Å². The van der Waals surface area contributed by atoms with E-state index in [-0.39, 0.29) is 10.0 Å². The lowest BCUT2D eigenvalue weighted by atomic mass is 9.91. The predicted octanol–water partition coefficient (Wildman–Crippen LogP) is 3.51. The zero-order chi connectivity index (χ0) is 9.28. The van der Waals surface area contributed by atoms with Crippen LogP contribution in [0.2, 0.25) is 0 Å². The predicted molar refractivity (Wildman–Crippen MR) is 58.9 cm³/mol.